The summed E-state index contributed by atoms with van der Waals surface area (Å²) in [5.74, 6) is 0.805. The average Bonchev–Trinajstić information content (AvgIpc) is 2.56. The van der Waals surface area contributed by atoms with Gasteiger partial charge in [-0.3, -0.25) is 4.90 Å². The van der Waals surface area contributed by atoms with Gasteiger partial charge in [0, 0.05) is 24.1 Å². The van der Waals surface area contributed by atoms with Crippen molar-refractivity contribution >= 4 is 15.9 Å². The van der Waals surface area contributed by atoms with Crippen LogP contribution in [-0.4, -0.2) is 50.8 Å². The van der Waals surface area contributed by atoms with Crippen LogP contribution in [-0.2, 0) is 17.6 Å². The van der Waals surface area contributed by atoms with Crippen LogP contribution in [0.25, 0.3) is 0 Å². The van der Waals surface area contributed by atoms with Crippen molar-refractivity contribution in [3.8, 4) is 0 Å². The molecule has 1 atom stereocenters. The van der Waals surface area contributed by atoms with E-state index in [-0.39, 0.29) is 0 Å². The zero-order valence-corrected chi connectivity index (χ0v) is 14.9. The molecule has 3 nitrogen and oxygen atoms in total. The van der Waals surface area contributed by atoms with Gasteiger partial charge in [-0.15, -0.1) is 0 Å². The molecule has 2 aliphatic rings. The molecule has 3 rings (SSSR count). The Kier molecular flexibility index (Phi) is 6.30. The van der Waals surface area contributed by atoms with Crippen LogP contribution in [0, 0.1) is 5.92 Å². The first-order valence-corrected chi connectivity index (χ1v) is 9.39. The molecule has 0 aromatic heterocycles. The number of piperidine rings is 1. The summed E-state index contributed by atoms with van der Waals surface area (Å²) in [4.78, 5) is 2.50. The Morgan fingerprint density at radius 1 is 1.27 bits per heavy atom. The lowest BCUT2D eigenvalue weighted by molar-refractivity contribution is 0.0384. The van der Waals surface area contributed by atoms with Crippen LogP contribution in [0.4, 0.5) is 0 Å². The molecule has 0 radical (unpaired) electrons. The van der Waals surface area contributed by atoms with Gasteiger partial charge in [-0.05, 0) is 61.9 Å². The molecule has 4 heteroatoms. The van der Waals surface area contributed by atoms with E-state index in [9.17, 15) is 0 Å². The third kappa shape index (κ3) is 4.79. The molecule has 2 heterocycles. The van der Waals surface area contributed by atoms with Gasteiger partial charge in [-0.2, -0.15) is 0 Å². The fourth-order valence-electron chi connectivity index (χ4n) is 3.46. The molecule has 22 heavy (non-hydrogen) atoms. The van der Waals surface area contributed by atoms with Crippen LogP contribution in [0.3, 0.4) is 0 Å². The zero-order chi connectivity index (χ0) is 15.2. The van der Waals surface area contributed by atoms with E-state index in [0.29, 0.717) is 0 Å². The number of ether oxygens (including phenoxy) is 1. The smallest absolute Gasteiger partial charge is 0.0594 e. The van der Waals surface area contributed by atoms with Gasteiger partial charge in [0.2, 0.25) is 0 Å². The molecule has 1 aromatic carbocycles. The molecule has 1 aromatic rings. The summed E-state index contributed by atoms with van der Waals surface area (Å²) < 4.78 is 6.69. The van der Waals surface area contributed by atoms with Crippen molar-refractivity contribution in [2.45, 2.75) is 25.7 Å². The van der Waals surface area contributed by atoms with E-state index in [0.717, 1.165) is 45.2 Å². The predicted octanol–water partition coefficient (Wildman–Crippen LogP) is 2.87. The van der Waals surface area contributed by atoms with Crippen molar-refractivity contribution < 1.29 is 4.74 Å². The summed E-state index contributed by atoms with van der Waals surface area (Å²) in [5.41, 5.74) is 2.90. The standard InChI is InChI=1S/C18H27BrN2O/c19-18-13-15(12-16-2-1-6-20-14-16)3-4-17(18)5-7-21-8-10-22-11-9-21/h3-4,13,16,20H,1-2,5-12,14H2. The minimum Gasteiger partial charge on any atom is -0.379 e. The Morgan fingerprint density at radius 3 is 2.86 bits per heavy atom. The maximum atomic E-state index is 5.41. The predicted molar refractivity (Wildman–Crippen MR) is 94.4 cm³/mol. The van der Waals surface area contributed by atoms with E-state index in [4.69, 9.17) is 4.74 Å². The highest BCUT2D eigenvalue weighted by molar-refractivity contribution is 9.10. The fraction of sp³-hybridized carbons (Fsp3) is 0.667. The van der Waals surface area contributed by atoms with Crippen molar-refractivity contribution in [1.29, 1.82) is 0 Å². The first-order valence-electron chi connectivity index (χ1n) is 8.59. The number of morpholine rings is 1. The van der Waals surface area contributed by atoms with Crippen LogP contribution < -0.4 is 5.32 Å². The van der Waals surface area contributed by atoms with E-state index in [1.54, 1.807) is 0 Å². The molecule has 2 saturated heterocycles. The second kappa shape index (κ2) is 8.44. The van der Waals surface area contributed by atoms with Gasteiger partial charge in [0.05, 0.1) is 13.2 Å². The number of halogens is 1. The summed E-state index contributed by atoms with van der Waals surface area (Å²) >= 11 is 3.78. The second-order valence-corrected chi connectivity index (χ2v) is 7.40. The van der Waals surface area contributed by atoms with Crippen molar-refractivity contribution in [3.63, 3.8) is 0 Å². The quantitative estimate of drug-likeness (QED) is 0.866. The first kappa shape index (κ1) is 16.4. The van der Waals surface area contributed by atoms with Crippen LogP contribution >= 0.6 is 15.9 Å². The molecular weight excluding hydrogens is 340 g/mol. The number of benzene rings is 1. The van der Waals surface area contributed by atoms with Crippen LogP contribution in [0.5, 0.6) is 0 Å². The monoisotopic (exact) mass is 366 g/mol. The molecule has 2 aliphatic heterocycles. The van der Waals surface area contributed by atoms with Gasteiger partial charge < -0.3 is 10.1 Å². The van der Waals surface area contributed by atoms with Gasteiger partial charge >= 0.3 is 0 Å². The van der Waals surface area contributed by atoms with Crippen molar-refractivity contribution in [2.75, 3.05) is 45.9 Å². The van der Waals surface area contributed by atoms with Gasteiger partial charge in [-0.25, -0.2) is 0 Å². The number of hydrogen-bond acceptors (Lipinski definition) is 3. The minimum atomic E-state index is 0.805. The summed E-state index contributed by atoms with van der Waals surface area (Å²) in [7, 11) is 0. The lowest BCUT2D eigenvalue weighted by Gasteiger charge is -2.26. The Bertz CT molecular complexity index is 468. The molecule has 0 bridgehead atoms. The highest BCUT2D eigenvalue weighted by Gasteiger charge is 2.15. The van der Waals surface area contributed by atoms with Crippen LogP contribution in [0.1, 0.15) is 24.0 Å². The third-order valence-corrected chi connectivity index (χ3v) is 5.58. The van der Waals surface area contributed by atoms with Crippen molar-refractivity contribution in [2.24, 2.45) is 5.92 Å². The maximum absolute atomic E-state index is 5.41. The Labute approximate surface area is 142 Å². The molecule has 0 aliphatic carbocycles. The highest BCUT2D eigenvalue weighted by atomic mass is 79.9. The lowest BCUT2D eigenvalue weighted by Crippen LogP contribution is -2.37. The lowest BCUT2D eigenvalue weighted by atomic mass is 9.92. The minimum absolute atomic E-state index is 0.805. The van der Waals surface area contributed by atoms with E-state index < -0.39 is 0 Å². The molecule has 0 amide bonds. The number of nitrogens with one attached hydrogen (secondary N) is 1. The van der Waals surface area contributed by atoms with E-state index in [1.165, 1.54) is 48.0 Å². The Hall–Kier alpha value is -0.420. The highest BCUT2D eigenvalue weighted by Crippen LogP contribution is 2.23. The van der Waals surface area contributed by atoms with E-state index in [2.05, 4.69) is 44.3 Å². The number of nitrogens with zero attached hydrogens (tertiary/aromatic N) is 1. The molecule has 2 fully saturated rings. The van der Waals surface area contributed by atoms with Crippen LogP contribution in [0.15, 0.2) is 22.7 Å². The van der Waals surface area contributed by atoms with Gasteiger partial charge in [0.1, 0.15) is 0 Å². The summed E-state index contributed by atoms with van der Waals surface area (Å²) in [6.45, 7) is 7.42. The number of rotatable bonds is 5. The molecule has 1 N–H and O–H groups in total. The number of hydrogen-bond donors (Lipinski definition) is 1. The van der Waals surface area contributed by atoms with Crippen LogP contribution in [0.2, 0.25) is 0 Å². The van der Waals surface area contributed by atoms with Gasteiger partial charge in [0.15, 0.2) is 0 Å². The molecule has 1 unspecified atom stereocenters. The summed E-state index contributed by atoms with van der Waals surface area (Å²) in [6, 6.07) is 6.98. The molecule has 0 spiro atoms. The first-order chi connectivity index (χ1) is 10.8. The average molecular weight is 367 g/mol. The van der Waals surface area contributed by atoms with Gasteiger partial charge in [0.25, 0.3) is 0 Å². The summed E-state index contributed by atoms with van der Waals surface area (Å²) in [6.07, 6.45) is 5.01. The molecule has 122 valence electrons. The fourth-order valence-corrected chi connectivity index (χ4v) is 4.08. The van der Waals surface area contributed by atoms with Gasteiger partial charge in [-0.1, -0.05) is 28.1 Å². The van der Waals surface area contributed by atoms with Crippen molar-refractivity contribution in [1.82, 2.24) is 10.2 Å². The van der Waals surface area contributed by atoms with E-state index >= 15 is 0 Å². The Morgan fingerprint density at radius 2 is 2.14 bits per heavy atom. The SMILES string of the molecule is Brc1cc(CC2CCCNC2)ccc1CCN1CCOCC1. The Balaban J connectivity index is 1.52. The maximum Gasteiger partial charge on any atom is 0.0594 e. The molecule has 0 saturated carbocycles. The second-order valence-electron chi connectivity index (χ2n) is 6.55. The van der Waals surface area contributed by atoms with Crippen molar-refractivity contribution in [3.05, 3.63) is 33.8 Å². The third-order valence-electron chi connectivity index (χ3n) is 4.84. The topological polar surface area (TPSA) is 24.5 Å². The largest absolute Gasteiger partial charge is 0.379 e. The van der Waals surface area contributed by atoms with E-state index in [1.807, 2.05) is 0 Å². The zero-order valence-electron chi connectivity index (χ0n) is 13.3. The summed E-state index contributed by atoms with van der Waals surface area (Å²) in [5, 5.41) is 3.51. The molecular formula is C18H27BrN2O. The normalized spacial score (nSPS) is 23.6.